The van der Waals surface area contributed by atoms with Crippen LogP contribution >= 0.6 is 8.60 Å². The Hall–Kier alpha value is -0.100. The number of ketones is 1. The molecular weight excluding hydrogens is 461 g/mol. The van der Waals surface area contributed by atoms with Gasteiger partial charge < -0.3 is 28.4 Å². The summed E-state index contributed by atoms with van der Waals surface area (Å²) in [6.45, 7) is 8.94. The Morgan fingerprint density at radius 3 is 1.89 bits per heavy atom. The van der Waals surface area contributed by atoms with E-state index < -0.39 is 8.60 Å². The summed E-state index contributed by atoms with van der Waals surface area (Å²) in [6, 6.07) is 0. The van der Waals surface area contributed by atoms with E-state index in [2.05, 4.69) is 11.8 Å². The summed E-state index contributed by atoms with van der Waals surface area (Å²) in [4.78, 5) is 23.9. The molecular formula is C28H56NO5P. The van der Waals surface area contributed by atoms with Crippen LogP contribution < -0.4 is 0 Å². The third-order valence-electron chi connectivity index (χ3n) is 6.80. The van der Waals surface area contributed by atoms with Crippen LogP contribution in [0, 0.1) is 5.92 Å². The van der Waals surface area contributed by atoms with E-state index in [1.165, 1.54) is 96.3 Å². The number of carbonyl (C=O) groups excluding carboxylic acids is 1. The molecule has 0 amide bonds. The molecule has 1 saturated heterocycles. The van der Waals surface area contributed by atoms with Crippen molar-refractivity contribution in [1.29, 1.82) is 0 Å². The van der Waals surface area contributed by atoms with Gasteiger partial charge in [-0.3, -0.25) is 0 Å². The number of carbonyl (C=O) groups is 1. The van der Waals surface area contributed by atoms with Crippen LogP contribution in [0.2, 0.25) is 0 Å². The maximum Gasteiger partial charge on any atom is 0.329 e. The molecule has 0 aromatic heterocycles. The molecule has 1 aliphatic rings. The molecule has 1 rings (SSSR count). The topological polar surface area (TPSA) is 68.2 Å². The maximum atomic E-state index is 11.6. The third kappa shape index (κ3) is 21.7. The molecule has 208 valence electrons. The lowest BCUT2D eigenvalue weighted by molar-refractivity contribution is -0.118. The fourth-order valence-corrected chi connectivity index (χ4v) is 5.33. The van der Waals surface area contributed by atoms with Crippen molar-refractivity contribution in [2.45, 2.75) is 123 Å². The fraction of sp³-hybridized carbons (Fsp3) is 0.964. The van der Waals surface area contributed by atoms with Crippen molar-refractivity contribution in [3.05, 3.63) is 0 Å². The van der Waals surface area contributed by atoms with Gasteiger partial charge >= 0.3 is 8.60 Å². The van der Waals surface area contributed by atoms with Gasteiger partial charge in [0.15, 0.2) is 0 Å². The zero-order chi connectivity index (χ0) is 25.4. The molecule has 1 heterocycles. The van der Waals surface area contributed by atoms with Crippen molar-refractivity contribution in [3.8, 4) is 0 Å². The molecule has 6 nitrogen and oxygen atoms in total. The normalized spacial score (nSPS) is 16.1. The second-order valence-electron chi connectivity index (χ2n) is 10.4. The molecule has 2 unspecified atom stereocenters. The molecule has 1 aliphatic heterocycles. The summed E-state index contributed by atoms with van der Waals surface area (Å²) in [5.41, 5.74) is 0. The number of ether oxygens (including phenoxy) is 1. The van der Waals surface area contributed by atoms with Crippen molar-refractivity contribution in [1.82, 2.24) is 4.90 Å². The Balaban J connectivity index is 1.93. The van der Waals surface area contributed by atoms with Gasteiger partial charge in [0, 0.05) is 25.5 Å². The highest BCUT2D eigenvalue weighted by Crippen LogP contribution is 2.33. The monoisotopic (exact) mass is 517 g/mol. The van der Waals surface area contributed by atoms with Gasteiger partial charge in [0.2, 0.25) is 0 Å². The number of unbranched alkanes of at least 4 members (excludes halogenated alkanes) is 13. The van der Waals surface area contributed by atoms with Gasteiger partial charge in [-0.1, -0.05) is 90.4 Å². The predicted octanol–water partition coefficient (Wildman–Crippen LogP) is 7.43. The van der Waals surface area contributed by atoms with E-state index in [9.17, 15) is 9.69 Å². The minimum Gasteiger partial charge on any atom is -0.381 e. The van der Waals surface area contributed by atoms with Gasteiger partial charge in [-0.2, -0.15) is 0 Å². The van der Waals surface area contributed by atoms with Crippen LogP contribution in [0.3, 0.4) is 0 Å². The van der Waals surface area contributed by atoms with Crippen molar-refractivity contribution in [2.75, 3.05) is 46.1 Å². The molecule has 0 aromatic rings. The molecule has 2 atom stereocenters. The first-order valence-corrected chi connectivity index (χ1v) is 15.8. The van der Waals surface area contributed by atoms with Crippen LogP contribution in [0.1, 0.15) is 123 Å². The molecule has 0 radical (unpaired) electrons. The molecule has 7 heteroatoms. The summed E-state index contributed by atoms with van der Waals surface area (Å²) >= 11 is 0. The lowest BCUT2D eigenvalue weighted by Crippen LogP contribution is -2.23. The predicted molar refractivity (Wildman–Crippen MR) is 147 cm³/mol. The van der Waals surface area contributed by atoms with Crippen LogP contribution in [0.5, 0.6) is 0 Å². The van der Waals surface area contributed by atoms with Crippen LogP contribution in [0.15, 0.2) is 0 Å². The molecule has 1 N–H and O–H groups in total. The first-order chi connectivity index (χ1) is 17.1. The number of hydrogen-bond donors (Lipinski definition) is 1. The van der Waals surface area contributed by atoms with Crippen LogP contribution in [-0.4, -0.2) is 61.6 Å². The van der Waals surface area contributed by atoms with Crippen LogP contribution in [0.4, 0.5) is 0 Å². The molecule has 0 aromatic carbocycles. The van der Waals surface area contributed by atoms with Crippen LogP contribution in [-0.2, 0) is 18.6 Å². The smallest absolute Gasteiger partial charge is 0.329 e. The number of Topliss-reactive ketones (excluding diaryl/α,β-unsaturated/α-hetero) is 1. The lowest BCUT2D eigenvalue weighted by Gasteiger charge is -2.19. The first-order valence-electron chi connectivity index (χ1n) is 14.7. The van der Waals surface area contributed by atoms with E-state index in [1.54, 1.807) is 6.92 Å². The van der Waals surface area contributed by atoms with Crippen molar-refractivity contribution in [2.24, 2.45) is 5.92 Å². The van der Waals surface area contributed by atoms with Gasteiger partial charge in [-0.15, -0.1) is 0 Å². The summed E-state index contributed by atoms with van der Waals surface area (Å²) in [5.74, 6) is 0.0920. The minimum absolute atomic E-state index is 0.0292. The number of hydrogen-bond acceptors (Lipinski definition) is 6. The summed E-state index contributed by atoms with van der Waals surface area (Å²) in [6.07, 6.45) is 21.8. The molecule has 0 bridgehead atoms. The zero-order valence-electron chi connectivity index (χ0n) is 23.0. The molecule has 35 heavy (non-hydrogen) atoms. The molecule has 0 saturated carbocycles. The average molecular weight is 518 g/mol. The third-order valence-corrected chi connectivity index (χ3v) is 7.57. The van der Waals surface area contributed by atoms with E-state index in [0.717, 1.165) is 32.7 Å². The average Bonchev–Trinajstić information content (AvgIpc) is 3.35. The quantitative estimate of drug-likeness (QED) is 0.0950. The molecule has 0 aliphatic carbocycles. The molecule has 1 fully saturated rings. The number of nitrogens with zero attached hydrogens (tertiary/aromatic N) is 1. The van der Waals surface area contributed by atoms with E-state index >= 15 is 0 Å². The number of likely N-dealkylation sites (tertiary alicyclic amines) is 1. The highest BCUT2D eigenvalue weighted by Gasteiger charge is 2.17. The minimum atomic E-state index is -1.89. The van der Waals surface area contributed by atoms with E-state index in [1.807, 2.05) is 0 Å². The summed E-state index contributed by atoms with van der Waals surface area (Å²) in [5, 5.41) is 0. The maximum absolute atomic E-state index is 11.6. The van der Waals surface area contributed by atoms with Gasteiger partial charge in [0.1, 0.15) is 5.78 Å². The second kappa shape index (κ2) is 24.2. The highest BCUT2D eigenvalue weighted by atomic mass is 31.2. The van der Waals surface area contributed by atoms with Gasteiger partial charge in [-0.05, 0) is 39.3 Å². The van der Waals surface area contributed by atoms with Crippen LogP contribution in [0.25, 0.3) is 0 Å². The largest absolute Gasteiger partial charge is 0.381 e. The summed E-state index contributed by atoms with van der Waals surface area (Å²) < 4.78 is 16.8. The Kier molecular flexibility index (Phi) is 22.8. The SMILES string of the molecule is CCCCCCCCCCCCCCCCOCC(COP(O)OCCN1CCCC1)CC(C)=O. The van der Waals surface area contributed by atoms with Gasteiger partial charge in [0.05, 0.1) is 19.8 Å². The van der Waals surface area contributed by atoms with Crippen molar-refractivity contribution < 1.29 is 23.5 Å². The van der Waals surface area contributed by atoms with E-state index in [0.29, 0.717) is 26.2 Å². The Morgan fingerprint density at radius 1 is 0.800 bits per heavy atom. The van der Waals surface area contributed by atoms with Crippen molar-refractivity contribution in [3.63, 3.8) is 0 Å². The second-order valence-corrected chi connectivity index (χ2v) is 11.4. The lowest BCUT2D eigenvalue weighted by atomic mass is 10.0. The van der Waals surface area contributed by atoms with Gasteiger partial charge in [-0.25, -0.2) is 0 Å². The molecule has 0 spiro atoms. The Bertz CT molecular complexity index is 476. The zero-order valence-corrected chi connectivity index (χ0v) is 23.9. The fourth-order valence-electron chi connectivity index (χ4n) is 4.68. The Morgan fingerprint density at radius 2 is 1.34 bits per heavy atom. The first kappa shape index (κ1) is 32.9. The van der Waals surface area contributed by atoms with Crippen molar-refractivity contribution >= 4 is 14.4 Å². The Labute approximate surface area is 217 Å². The highest BCUT2D eigenvalue weighted by molar-refractivity contribution is 7.40. The summed E-state index contributed by atoms with van der Waals surface area (Å²) in [7, 11) is -1.89. The standard InChI is InChI=1S/C28H56NO5P/c1-3-4-5-6-7-8-9-10-11-12-13-14-15-18-22-32-25-28(24-27(2)30)26-34-35(31)33-23-21-29-19-16-17-20-29/h28,31H,3-26H2,1-2H3. The van der Waals surface area contributed by atoms with E-state index in [4.69, 9.17) is 13.8 Å². The van der Waals surface area contributed by atoms with Gasteiger partial charge in [0.25, 0.3) is 0 Å². The number of rotatable bonds is 26. The van der Waals surface area contributed by atoms with E-state index in [-0.39, 0.29) is 11.7 Å².